The van der Waals surface area contributed by atoms with Crippen molar-refractivity contribution in [3.8, 4) is 0 Å². The van der Waals surface area contributed by atoms with Gasteiger partial charge in [-0.1, -0.05) is 37.5 Å². The molecule has 114 valence electrons. The summed E-state index contributed by atoms with van der Waals surface area (Å²) in [5, 5.41) is 4.32. The van der Waals surface area contributed by atoms with E-state index in [4.69, 9.17) is 0 Å². The van der Waals surface area contributed by atoms with Crippen molar-refractivity contribution in [2.24, 2.45) is 7.05 Å². The number of rotatable bonds is 1. The highest BCUT2D eigenvalue weighted by molar-refractivity contribution is 14.1. The van der Waals surface area contributed by atoms with Gasteiger partial charge in [-0.25, -0.2) is 0 Å². The summed E-state index contributed by atoms with van der Waals surface area (Å²) in [6.45, 7) is 0. The minimum Gasteiger partial charge on any atom is -0.273 e. The van der Waals surface area contributed by atoms with Gasteiger partial charge in [0.15, 0.2) is 5.82 Å². The minimum atomic E-state index is -0.317. The maximum atomic E-state index is 13.4. The van der Waals surface area contributed by atoms with E-state index < -0.39 is 0 Å². The third-order valence-corrected chi connectivity index (χ3v) is 5.82. The number of halogens is 1. The number of carbonyl (C=O) groups excluding carboxylic acids is 1. The fourth-order valence-electron chi connectivity index (χ4n) is 4.02. The summed E-state index contributed by atoms with van der Waals surface area (Å²) in [6, 6.07) is 8.28. The van der Waals surface area contributed by atoms with Crippen molar-refractivity contribution >= 4 is 40.0 Å². The van der Waals surface area contributed by atoms with Crippen LogP contribution in [0.15, 0.2) is 30.5 Å². The lowest BCUT2D eigenvalue weighted by Crippen LogP contribution is -2.40. The fourth-order valence-corrected chi connectivity index (χ4v) is 4.73. The average molecular weight is 407 g/mol. The van der Waals surface area contributed by atoms with Crippen LogP contribution in [0.5, 0.6) is 0 Å². The highest BCUT2D eigenvalue weighted by Crippen LogP contribution is 2.52. The first-order chi connectivity index (χ1) is 10.6. The van der Waals surface area contributed by atoms with E-state index in [0.717, 1.165) is 40.8 Å². The number of carbonyl (C=O) groups is 1. The SMILES string of the molecule is Cn1ncc(I)c1N1C(=O)C2(CCCCC2)c2ccccc21. The van der Waals surface area contributed by atoms with Crippen molar-refractivity contribution in [1.82, 2.24) is 9.78 Å². The highest BCUT2D eigenvalue weighted by Gasteiger charge is 2.52. The third-order valence-electron chi connectivity index (χ3n) is 5.06. The zero-order valence-corrected chi connectivity index (χ0v) is 14.7. The molecule has 0 radical (unpaired) electrons. The van der Waals surface area contributed by atoms with Gasteiger partial charge in [0, 0.05) is 7.05 Å². The second kappa shape index (κ2) is 5.08. The van der Waals surface area contributed by atoms with Gasteiger partial charge >= 0.3 is 0 Å². The molecule has 0 unspecified atom stereocenters. The first-order valence-corrected chi connectivity index (χ1v) is 8.84. The largest absolute Gasteiger partial charge is 0.273 e. The standard InChI is InChI=1S/C17H18IN3O/c1-20-15(13(18)11-19-20)21-14-8-4-3-7-12(14)17(16(21)22)9-5-2-6-10-17/h3-4,7-8,11H,2,5-6,9-10H2,1H3. The number of fused-ring (bicyclic) bond motifs is 2. The second-order valence-corrected chi connectivity index (χ2v) is 7.40. The summed E-state index contributed by atoms with van der Waals surface area (Å²) in [5.74, 6) is 1.12. The Morgan fingerprint density at radius 1 is 1.18 bits per heavy atom. The predicted octanol–water partition coefficient (Wildman–Crippen LogP) is 3.90. The number of hydrogen-bond acceptors (Lipinski definition) is 2. The van der Waals surface area contributed by atoms with E-state index in [1.807, 2.05) is 24.2 Å². The average Bonchev–Trinajstić information content (AvgIpc) is 2.98. The molecule has 0 atom stereocenters. The van der Waals surface area contributed by atoms with Crippen LogP contribution in [0, 0.1) is 3.57 Å². The lowest BCUT2D eigenvalue weighted by molar-refractivity contribution is -0.123. The van der Waals surface area contributed by atoms with Gasteiger partial charge in [0.2, 0.25) is 5.91 Å². The summed E-state index contributed by atoms with van der Waals surface area (Å²) in [6.07, 6.45) is 7.26. The van der Waals surface area contributed by atoms with Gasteiger partial charge < -0.3 is 0 Å². The lowest BCUT2D eigenvalue weighted by atomic mass is 9.70. The molecule has 1 amide bonds. The van der Waals surface area contributed by atoms with E-state index in [-0.39, 0.29) is 11.3 Å². The van der Waals surface area contributed by atoms with Crippen molar-refractivity contribution in [2.45, 2.75) is 37.5 Å². The zero-order valence-electron chi connectivity index (χ0n) is 12.6. The van der Waals surface area contributed by atoms with Crippen molar-refractivity contribution in [1.29, 1.82) is 0 Å². The van der Waals surface area contributed by atoms with Crippen LogP contribution in [0.4, 0.5) is 11.5 Å². The number of para-hydroxylation sites is 1. The molecule has 1 saturated carbocycles. The van der Waals surface area contributed by atoms with E-state index in [1.165, 1.54) is 12.0 Å². The van der Waals surface area contributed by atoms with Gasteiger partial charge in [-0.15, -0.1) is 0 Å². The van der Waals surface area contributed by atoms with Gasteiger partial charge in [0.05, 0.1) is 20.9 Å². The van der Waals surface area contributed by atoms with E-state index in [9.17, 15) is 4.79 Å². The quantitative estimate of drug-likeness (QED) is 0.673. The molecule has 4 nitrogen and oxygen atoms in total. The molecule has 5 heteroatoms. The van der Waals surface area contributed by atoms with E-state index in [2.05, 4.69) is 45.9 Å². The molecule has 0 bridgehead atoms. The number of amides is 1. The number of aryl methyl sites for hydroxylation is 1. The predicted molar refractivity (Wildman–Crippen MR) is 94.3 cm³/mol. The fraction of sp³-hybridized carbons (Fsp3) is 0.412. The molecular weight excluding hydrogens is 389 g/mol. The van der Waals surface area contributed by atoms with Crippen molar-refractivity contribution in [3.63, 3.8) is 0 Å². The topological polar surface area (TPSA) is 38.1 Å². The molecule has 0 saturated heterocycles. The summed E-state index contributed by atoms with van der Waals surface area (Å²) >= 11 is 2.26. The van der Waals surface area contributed by atoms with Crippen LogP contribution in [0.3, 0.4) is 0 Å². The van der Waals surface area contributed by atoms with E-state index in [0.29, 0.717) is 0 Å². The van der Waals surface area contributed by atoms with Gasteiger partial charge in [-0.3, -0.25) is 14.4 Å². The molecule has 22 heavy (non-hydrogen) atoms. The molecule has 2 heterocycles. The molecular formula is C17H18IN3O. The van der Waals surface area contributed by atoms with Gasteiger partial charge in [0.1, 0.15) is 0 Å². The number of hydrogen-bond donors (Lipinski definition) is 0. The number of benzene rings is 1. The maximum absolute atomic E-state index is 13.4. The summed E-state index contributed by atoms with van der Waals surface area (Å²) in [7, 11) is 1.90. The molecule has 1 aliphatic heterocycles. The monoisotopic (exact) mass is 407 g/mol. The highest BCUT2D eigenvalue weighted by atomic mass is 127. The Kier molecular flexibility index (Phi) is 3.29. The first kappa shape index (κ1) is 14.2. The Morgan fingerprint density at radius 2 is 1.91 bits per heavy atom. The normalized spacial score (nSPS) is 19.7. The molecule has 1 aromatic heterocycles. The summed E-state index contributed by atoms with van der Waals surface area (Å²) in [5.41, 5.74) is 1.93. The van der Waals surface area contributed by atoms with Crippen LogP contribution in [-0.2, 0) is 17.3 Å². The van der Waals surface area contributed by atoms with Crippen molar-refractivity contribution in [3.05, 3.63) is 39.6 Å². The van der Waals surface area contributed by atoms with Crippen LogP contribution in [0.1, 0.15) is 37.7 Å². The van der Waals surface area contributed by atoms with Crippen LogP contribution in [0.2, 0.25) is 0 Å². The smallest absolute Gasteiger partial charge is 0.243 e. The molecule has 4 rings (SSSR count). The lowest BCUT2D eigenvalue weighted by Gasteiger charge is -2.32. The van der Waals surface area contributed by atoms with Crippen LogP contribution < -0.4 is 4.90 Å². The van der Waals surface area contributed by atoms with Gasteiger partial charge in [0.25, 0.3) is 0 Å². The molecule has 2 aromatic rings. The van der Waals surface area contributed by atoms with E-state index >= 15 is 0 Å². The minimum absolute atomic E-state index is 0.231. The van der Waals surface area contributed by atoms with Crippen LogP contribution >= 0.6 is 22.6 Å². The Hall–Kier alpha value is -1.37. The third kappa shape index (κ3) is 1.81. The Morgan fingerprint density at radius 3 is 2.59 bits per heavy atom. The van der Waals surface area contributed by atoms with Gasteiger partial charge in [-0.2, -0.15) is 5.10 Å². The second-order valence-electron chi connectivity index (χ2n) is 6.24. The summed E-state index contributed by atoms with van der Waals surface area (Å²) < 4.78 is 2.81. The first-order valence-electron chi connectivity index (χ1n) is 7.77. The molecule has 1 spiro atoms. The number of anilines is 2. The Balaban J connectivity index is 1.93. The number of nitrogens with zero attached hydrogens (tertiary/aromatic N) is 3. The summed E-state index contributed by atoms with van der Waals surface area (Å²) in [4.78, 5) is 15.3. The van der Waals surface area contributed by atoms with Gasteiger partial charge in [-0.05, 0) is 47.1 Å². The molecule has 1 aliphatic carbocycles. The zero-order chi connectivity index (χ0) is 15.3. The van der Waals surface area contributed by atoms with Crippen molar-refractivity contribution in [2.75, 3.05) is 4.90 Å². The number of aromatic nitrogens is 2. The maximum Gasteiger partial charge on any atom is 0.243 e. The van der Waals surface area contributed by atoms with Crippen LogP contribution in [-0.4, -0.2) is 15.7 Å². The molecule has 2 aliphatic rings. The van der Waals surface area contributed by atoms with Crippen LogP contribution in [0.25, 0.3) is 0 Å². The van der Waals surface area contributed by atoms with E-state index in [1.54, 1.807) is 4.68 Å². The van der Waals surface area contributed by atoms with Crippen molar-refractivity contribution < 1.29 is 4.79 Å². The molecule has 1 fully saturated rings. The Bertz CT molecular complexity index is 727. The Labute approximate surface area is 143 Å². The molecule has 1 aromatic carbocycles. The molecule has 0 N–H and O–H groups in total.